The monoisotopic (exact) mass is 666 g/mol. The lowest BCUT2D eigenvalue weighted by molar-refractivity contribution is -0.139. The van der Waals surface area contributed by atoms with E-state index < -0.39 is 11.9 Å². The van der Waals surface area contributed by atoms with E-state index in [4.69, 9.17) is 9.47 Å². The van der Waals surface area contributed by atoms with Gasteiger partial charge in [-0.05, 0) is 63.4 Å². The third kappa shape index (κ3) is 13.2. The normalized spacial score (nSPS) is 10.5. The highest BCUT2D eigenvalue weighted by Crippen LogP contribution is 2.37. The van der Waals surface area contributed by atoms with Gasteiger partial charge in [-0.2, -0.15) is 0 Å². The van der Waals surface area contributed by atoms with Crippen molar-refractivity contribution < 1.29 is 38.9 Å². The third-order valence-electron chi connectivity index (χ3n) is 7.22. The predicted molar refractivity (Wildman–Crippen MR) is 186 cm³/mol. The van der Waals surface area contributed by atoms with Crippen LogP contribution in [0.1, 0.15) is 43.4 Å². The Morgan fingerprint density at radius 3 is 1.69 bits per heavy atom. The van der Waals surface area contributed by atoms with Crippen LogP contribution in [0.15, 0.2) is 60.7 Å². The van der Waals surface area contributed by atoms with Crippen LogP contribution in [0.2, 0.25) is 0 Å². The minimum Gasteiger partial charge on any atom is -0.460 e. The first-order valence-corrected chi connectivity index (χ1v) is 16.0. The molecule has 2 aromatic carbocycles. The molecule has 0 atom stereocenters. The molecule has 0 saturated carbocycles. The summed E-state index contributed by atoms with van der Waals surface area (Å²) in [6.45, 7) is 15.0. The Hall–Kier alpha value is -4.68. The average Bonchev–Trinajstić information content (AvgIpc) is 3.04. The number of amides is 2. The molecule has 0 aliphatic heterocycles. The molecule has 2 rings (SSSR count). The van der Waals surface area contributed by atoms with Crippen LogP contribution in [0.25, 0.3) is 0 Å². The van der Waals surface area contributed by atoms with Gasteiger partial charge in [0.15, 0.2) is 0 Å². The van der Waals surface area contributed by atoms with Crippen molar-refractivity contribution in [1.82, 2.24) is 10.6 Å². The van der Waals surface area contributed by atoms with Crippen LogP contribution < -0.4 is 20.4 Å². The van der Waals surface area contributed by atoms with Crippen molar-refractivity contribution in [2.45, 2.75) is 47.0 Å². The number of benzene rings is 2. The molecule has 0 fully saturated rings. The summed E-state index contributed by atoms with van der Waals surface area (Å²) in [5.74, 6) is -1.59. The molecule has 0 heterocycles. The van der Waals surface area contributed by atoms with Gasteiger partial charge in [0.05, 0.1) is 31.1 Å². The summed E-state index contributed by atoms with van der Waals surface area (Å²) in [6.07, 6.45) is 0.592. The van der Waals surface area contributed by atoms with Crippen LogP contribution in [0.4, 0.5) is 17.1 Å². The van der Waals surface area contributed by atoms with E-state index in [0.29, 0.717) is 6.42 Å². The largest absolute Gasteiger partial charge is 0.460 e. The maximum atomic E-state index is 12.8. The maximum absolute atomic E-state index is 12.8. The molecule has 12 heteroatoms. The number of rotatable bonds is 21. The number of aliphatic hydroxyl groups is 2. The van der Waals surface area contributed by atoms with E-state index in [1.54, 1.807) is 13.8 Å². The first kappa shape index (κ1) is 39.5. The Labute approximate surface area is 283 Å². The lowest BCUT2D eigenvalue weighted by Gasteiger charge is -2.34. The van der Waals surface area contributed by atoms with E-state index in [0.717, 1.165) is 33.8 Å². The van der Waals surface area contributed by atoms with Gasteiger partial charge in [0.1, 0.15) is 13.2 Å². The highest BCUT2D eigenvalue weighted by atomic mass is 16.5. The zero-order valence-corrected chi connectivity index (χ0v) is 28.6. The van der Waals surface area contributed by atoms with Crippen molar-refractivity contribution in [2.75, 3.05) is 69.0 Å². The summed E-state index contributed by atoms with van der Waals surface area (Å²) < 4.78 is 10.1. The fourth-order valence-electron chi connectivity index (χ4n) is 4.80. The van der Waals surface area contributed by atoms with Crippen LogP contribution in [0, 0.1) is 13.8 Å². The summed E-state index contributed by atoms with van der Waals surface area (Å²) in [5, 5.41) is 25.4. The number of carbonyl (C=O) groups is 4. The summed E-state index contributed by atoms with van der Waals surface area (Å²) in [6, 6.07) is 11.8. The fraction of sp³-hybridized carbons (Fsp3) is 0.444. The van der Waals surface area contributed by atoms with E-state index >= 15 is 0 Å². The molecule has 0 aliphatic carbocycles. The molecule has 0 saturated heterocycles. The van der Waals surface area contributed by atoms with E-state index in [2.05, 4.69) is 23.8 Å². The van der Waals surface area contributed by atoms with Crippen LogP contribution in [0.5, 0.6) is 0 Å². The summed E-state index contributed by atoms with van der Waals surface area (Å²) >= 11 is 0. The maximum Gasteiger partial charge on any atom is 0.333 e. The molecule has 0 aliphatic rings. The highest BCUT2D eigenvalue weighted by molar-refractivity contribution is 5.87. The second-order valence-corrected chi connectivity index (χ2v) is 11.5. The van der Waals surface area contributed by atoms with Crippen LogP contribution in [0.3, 0.4) is 0 Å². The molecular weight excluding hydrogens is 616 g/mol. The minimum absolute atomic E-state index is 0.00789. The number of carbonyl (C=O) groups excluding carboxylic acids is 4. The van der Waals surface area contributed by atoms with E-state index in [1.807, 2.05) is 60.0 Å². The van der Waals surface area contributed by atoms with Gasteiger partial charge in [0.25, 0.3) is 0 Å². The molecule has 12 nitrogen and oxygen atoms in total. The number of aryl methyl sites for hydroxylation is 2. The van der Waals surface area contributed by atoms with Crippen molar-refractivity contribution in [2.24, 2.45) is 0 Å². The molecule has 0 aromatic heterocycles. The number of anilines is 3. The van der Waals surface area contributed by atoms with E-state index in [-0.39, 0.29) is 95.0 Å². The Bertz CT molecular complexity index is 1390. The smallest absolute Gasteiger partial charge is 0.333 e. The first-order valence-electron chi connectivity index (χ1n) is 16.0. The number of aliphatic hydroxyl groups excluding tert-OH is 2. The van der Waals surface area contributed by atoms with Crippen LogP contribution in [-0.2, 0) is 35.1 Å². The predicted octanol–water partition coefficient (Wildman–Crippen LogP) is 3.03. The first-order chi connectivity index (χ1) is 22.9. The van der Waals surface area contributed by atoms with Gasteiger partial charge in [0, 0.05) is 55.9 Å². The lowest BCUT2D eigenvalue weighted by atomic mass is 10.0. The number of ether oxygens (including phenoxy) is 2. The zero-order chi connectivity index (χ0) is 35.6. The highest BCUT2D eigenvalue weighted by Gasteiger charge is 2.21. The summed E-state index contributed by atoms with van der Waals surface area (Å²) in [4.78, 5) is 52.9. The summed E-state index contributed by atoms with van der Waals surface area (Å²) in [7, 11) is 0. The number of nitrogens with zero attached hydrogens (tertiary/aromatic N) is 2. The molecule has 0 bridgehead atoms. The molecule has 2 amide bonds. The van der Waals surface area contributed by atoms with Crippen molar-refractivity contribution in [3.05, 3.63) is 77.4 Å². The SMILES string of the molecule is C=C(C)C(=O)OCCNC(=O)CCN(CCC(=O)NCCOC(=O)C(=C)C)c1ccc(C)cc1N(CCO)c1ccc(C)cc1CCO. The third-order valence-corrected chi connectivity index (χ3v) is 7.22. The second-order valence-electron chi connectivity index (χ2n) is 11.5. The van der Waals surface area contributed by atoms with E-state index in [1.165, 1.54) is 0 Å². The van der Waals surface area contributed by atoms with Gasteiger partial charge >= 0.3 is 11.9 Å². The van der Waals surface area contributed by atoms with Gasteiger partial charge in [-0.25, -0.2) is 9.59 Å². The Balaban J connectivity index is 2.33. The van der Waals surface area contributed by atoms with Crippen LogP contribution in [-0.4, -0.2) is 93.1 Å². The minimum atomic E-state index is -0.530. The van der Waals surface area contributed by atoms with Crippen molar-refractivity contribution in [3.63, 3.8) is 0 Å². The fourth-order valence-corrected chi connectivity index (χ4v) is 4.80. The molecule has 262 valence electrons. The standard InChI is InChI=1S/C36H50N4O8/c1-25(2)35(45)47-21-14-37-33(43)11-16-39(17-12-34(44)38-15-22-48-36(46)26(3)4)31-10-8-28(6)24-32(31)40(18-20-42)30-9-7-27(5)23-29(30)13-19-41/h7-10,23-24,41-42H,1,3,11-22H2,2,4-6H3,(H,37,43)(H,38,44). The number of hydrogen-bond acceptors (Lipinski definition) is 10. The van der Waals surface area contributed by atoms with E-state index in [9.17, 15) is 29.4 Å². The molecule has 0 spiro atoms. The number of nitrogens with one attached hydrogen (secondary N) is 2. The van der Waals surface area contributed by atoms with Gasteiger partial charge in [-0.3, -0.25) is 9.59 Å². The van der Waals surface area contributed by atoms with Crippen LogP contribution >= 0.6 is 0 Å². The Morgan fingerprint density at radius 1 is 0.708 bits per heavy atom. The quantitative estimate of drug-likeness (QED) is 0.0887. The Kier molecular flexibility index (Phi) is 16.9. The van der Waals surface area contributed by atoms with Crippen molar-refractivity contribution in [1.29, 1.82) is 0 Å². The van der Waals surface area contributed by atoms with Gasteiger partial charge < -0.3 is 40.1 Å². The molecule has 48 heavy (non-hydrogen) atoms. The molecule has 0 unspecified atom stereocenters. The number of esters is 2. The van der Waals surface area contributed by atoms with Crippen molar-refractivity contribution in [3.8, 4) is 0 Å². The molecule has 2 aromatic rings. The molecule has 0 radical (unpaired) electrons. The molecular formula is C36H50N4O8. The van der Waals surface area contributed by atoms with Gasteiger partial charge in [0.2, 0.25) is 11.8 Å². The second kappa shape index (κ2) is 20.5. The average molecular weight is 667 g/mol. The lowest BCUT2D eigenvalue weighted by Crippen LogP contribution is -2.36. The summed E-state index contributed by atoms with van der Waals surface area (Å²) in [5.41, 5.74) is 5.82. The zero-order valence-electron chi connectivity index (χ0n) is 28.6. The van der Waals surface area contributed by atoms with Gasteiger partial charge in [-0.1, -0.05) is 36.9 Å². The number of hydrogen-bond donors (Lipinski definition) is 4. The topological polar surface area (TPSA) is 158 Å². The van der Waals surface area contributed by atoms with Crippen molar-refractivity contribution >= 4 is 40.8 Å². The molecule has 4 N–H and O–H groups in total. The Morgan fingerprint density at radius 2 is 1.21 bits per heavy atom. The van der Waals surface area contributed by atoms with Gasteiger partial charge in [-0.15, -0.1) is 0 Å².